The molecular formula is C20H23N5O. The number of nitrogen functional groups attached to an aromatic ring is 1. The van der Waals surface area contributed by atoms with Gasteiger partial charge < -0.3 is 11.1 Å². The topological polar surface area (TPSA) is 85.8 Å². The van der Waals surface area contributed by atoms with Gasteiger partial charge in [0.05, 0.1) is 6.20 Å². The molecule has 26 heavy (non-hydrogen) atoms. The molecule has 0 saturated carbocycles. The molecule has 0 atom stereocenters. The summed E-state index contributed by atoms with van der Waals surface area (Å²) in [5, 5.41) is 7.12. The van der Waals surface area contributed by atoms with Crippen molar-refractivity contribution in [3.8, 4) is 11.1 Å². The van der Waals surface area contributed by atoms with E-state index in [1.54, 1.807) is 10.9 Å². The molecule has 6 nitrogen and oxygen atoms in total. The first-order chi connectivity index (χ1) is 12.5. The van der Waals surface area contributed by atoms with Crippen molar-refractivity contribution in [1.82, 2.24) is 20.1 Å². The van der Waals surface area contributed by atoms with E-state index >= 15 is 0 Å². The maximum Gasteiger partial charge on any atom is 0.251 e. The first-order valence-corrected chi connectivity index (χ1v) is 8.61. The number of aryl methyl sites for hydroxylation is 3. The Morgan fingerprint density at radius 2 is 2.12 bits per heavy atom. The number of amides is 1. The van der Waals surface area contributed by atoms with Crippen molar-refractivity contribution in [3.63, 3.8) is 0 Å². The second-order valence-electron chi connectivity index (χ2n) is 6.39. The van der Waals surface area contributed by atoms with E-state index in [0.717, 1.165) is 29.5 Å². The Balaban J connectivity index is 1.61. The third-order valence-electron chi connectivity index (χ3n) is 4.25. The van der Waals surface area contributed by atoms with Crippen molar-refractivity contribution in [3.05, 3.63) is 65.6 Å². The average Bonchev–Trinajstić information content (AvgIpc) is 3.04. The number of hydrogen-bond donors (Lipinski definition) is 2. The van der Waals surface area contributed by atoms with Crippen LogP contribution in [-0.2, 0) is 13.5 Å². The van der Waals surface area contributed by atoms with Crippen LogP contribution < -0.4 is 11.1 Å². The largest absolute Gasteiger partial charge is 0.384 e. The van der Waals surface area contributed by atoms with E-state index in [2.05, 4.69) is 15.4 Å². The third kappa shape index (κ3) is 4.27. The van der Waals surface area contributed by atoms with Gasteiger partial charge in [-0.1, -0.05) is 12.1 Å². The van der Waals surface area contributed by atoms with Crippen LogP contribution in [0.2, 0.25) is 0 Å². The normalized spacial score (nSPS) is 10.7. The summed E-state index contributed by atoms with van der Waals surface area (Å²) in [7, 11) is 1.90. The Bertz CT molecular complexity index is 916. The highest BCUT2D eigenvalue weighted by Crippen LogP contribution is 2.24. The van der Waals surface area contributed by atoms with E-state index in [-0.39, 0.29) is 5.91 Å². The minimum absolute atomic E-state index is 0.0703. The molecule has 0 unspecified atom stereocenters. The van der Waals surface area contributed by atoms with Crippen LogP contribution in [0.5, 0.6) is 0 Å². The molecule has 0 bridgehead atoms. The van der Waals surface area contributed by atoms with Gasteiger partial charge in [-0.3, -0.25) is 9.48 Å². The van der Waals surface area contributed by atoms with Gasteiger partial charge in [0.15, 0.2) is 0 Å². The zero-order valence-corrected chi connectivity index (χ0v) is 15.1. The van der Waals surface area contributed by atoms with Gasteiger partial charge >= 0.3 is 0 Å². The number of nitrogens with two attached hydrogens (primary N) is 1. The number of nitrogens with zero attached hydrogens (tertiary/aromatic N) is 3. The highest BCUT2D eigenvalue weighted by atomic mass is 16.1. The van der Waals surface area contributed by atoms with Crippen LogP contribution in [0.1, 0.15) is 27.9 Å². The highest BCUT2D eigenvalue weighted by molar-refractivity contribution is 5.95. The summed E-state index contributed by atoms with van der Waals surface area (Å²) in [6.45, 7) is 2.61. The fourth-order valence-electron chi connectivity index (χ4n) is 2.91. The van der Waals surface area contributed by atoms with Crippen molar-refractivity contribution in [2.24, 2.45) is 7.05 Å². The molecule has 134 valence electrons. The number of rotatable bonds is 6. The lowest BCUT2D eigenvalue weighted by Crippen LogP contribution is -2.24. The van der Waals surface area contributed by atoms with Gasteiger partial charge in [0.25, 0.3) is 5.91 Å². The summed E-state index contributed by atoms with van der Waals surface area (Å²) in [4.78, 5) is 16.6. The van der Waals surface area contributed by atoms with Crippen LogP contribution in [-0.4, -0.2) is 27.2 Å². The zero-order chi connectivity index (χ0) is 18.5. The number of pyridine rings is 1. The molecule has 0 aliphatic carbocycles. The molecule has 0 aliphatic rings. The molecule has 0 aliphatic heterocycles. The Hall–Kier alpha value is -3.15. The van der Waals surface area contributed by atoms with Gasteiger partial charge in [0.1, 0.15) is 5.82 Å². The zero-order valence-electron chi connectivity index (χ0n) is 15.1. The average molecular weight is 349 g/mol. The lowest BCUT2D eigenvalue weighted by Gasteiger charge is -2.09. The molecule has 2 aromatic heterocycles. The fourth-order valence-corrected chi connectivity index (χ4v) is 2.91. The van der Waals surface area contributed by atoms with Gasteiger partial charge in [-0.2, -0.15) is 5.10 Å². The maximum atomic E-state index is 12.4. The predicted molar refractivity (Wildman–Crippen MR) is 103 cm³/mol. The van der Waals surface area contributed by atoms with Crippen LogP contribution >= 0.6 is 0 Å². The molecule has 0 saturated heterocycles. The fraction of sp³-hybridized carbons (Fsp3) is 0.250. The van der Waals surface area contributed by atoms with Crippen molar-refractivity contribution in [2.75, 3.05) is 12.3 Å². The minimum atomic E-state index is -0.0703. The predicted octanol–water partition coefficient (Wildman–Crippen LogP) is 2.74. The molecule has 1 aromatic carbocycles. The summed E-state index contributed by atoms with van der Waals surface area (Å²) in [5.41, 5.74) is 10.5. The Kier molecular flexibility index (Phi) is 5.31. The Labute approximate surface area is 153 Å². The molecule has 3 rings (SSSR count). The van der Waals surface area contributed by atoms with Gasteiger partial charge in [-0.05, 0) is 54.7 Å². The summed E-state index contributed by atoms with van der Waals surface area (Å²) in [6.07, 6.45) is 7.36. The first-order valence-electron chi connectivity index (χ1n) is 8.61. The molecule has 1 amide bonds. The lowest BCUT2D eigenvalue weighted by molar-refractivity contribution is 0.0953. The number of anilines is 1. The molecular weight excluding hydrogens is 326 g/mol. The molecule has 2 heterocycles. The number of hydrogen-bond acceptors (Lipinski definition) is 4. The lowest BCUT2D eigenvalue weighted by atomic mass is 10.0. The molecule has 3 N–H and O–H groups in total. The minimum Gasteiger partial charge on any atom is -0.384 e. The van der Waals surface area contributed by atoms with Crippen LogP contribution in [0, 0.1) is 6.92 Å². The quantitative estimate of drug-likeness (QED) is 0.670. The molecule has 6 heteroatoms. The summed E-state index contributed by atoms with van der Waals surface area (Å²) >= 11 is 0. The number of aromatic nitrogens is 3. The van der Waals surface area contributed by atoms with Crippen molar-refractivity contribution >= 4 is 11.7 Å². The van der Waals surface area contributed by atoms with Gasteiger partial charge in [0.2, 0.25) is 0 Å². The van der Waals surface area contributed by atoms with E-state index in [1.807, 2.05) is 56.7 Å². The monoisotopic (exact) mass is 349 g/mol. The van der Waals surface area contributed by atoms with Gasteiger partial charge in [-0.15, -0.1) is 0 Å². The molecule has 3 aromatic rings. The highest BCUT2D eigenvalue weighted by Gasteiger charge is 2.09. The molecule has 0 fully saturated rings. The number of carbonyl (C=O) groups is 1. The standard InChI is InChI=1S/C20H23N5O/c1-14-9-19(21)23-12-18(14)16-6-3-7-17(10-16)20(26)22-8-4-5-15-11-24-25(2)13-15/h3,6-7,9-13H,4-5,8H2,1-2H3,(H2,21,23)(H,22,26). The third-order valence-corrected chi connectivity index (χ3v) is 4.25. The van der Waals surface area contributed by atoms with Crippen molar-refractivity contribution in [1.29, 1.82) is 0 Å². The van der Waals surface area contributed by atoms with Gasteiger partial charge in [0, 0.05) is 37.1 Å². The van der Waals surface area contributed by atoms with E-state index in [9.17, 15) is 4.79 Å². The van der Waals surface area contributed by atoms with E-state index in [0.29, 0.717) is 17.9 Å². The summed E-state index contributed by atoms with van der Waals surface area (Å²) in [5.74, 6) is 0.424. The van der Waals surface area contributed by atoms with E-state index < -0.39 is 0 Å². The number of benzene rings is 1. The Morgan fingerprint density at radius 1 is 1.27 bits per heavy atom. The smallest absolute Gasteiger partial charge is 0.251 e. The summed E-state index contributed by atoms with van der Waals surface area (Å²) in [6, 6.07) is 9.40. The van der Waals surface area contributed by atoms with Crippen LogP contribution in [0.4, 0.5) is 5.82 Å². The summed E-state index contributed by atoms with van der Waals surface area (Å²) < 4.78 is 1.79. The second-order valence-corrected chi connectivity index (χ2v) is 6.39. The van der Waals surface area contributed by atoms with Crippen molar-refractivity contribution < 1.29 is 4.79 Å². The van der Waals surface area contributed by atoms with Gasteiger partial charge in [-0.25, -0.2) is 4.98 Å². The maximum absolute atomic E-state index is 12.4. The first kappa shape index (κ1) is 17.7. The van der Waals surface area contributed by atoms with Crippen LogP contribution in [0.15, 0.2) is 48.9 Å². The molecule has 0 spiro atoms. The second kappa shape index (κ2) is 7.82. The number of carbonyl (C=O) groups excluding carboxylic acids is 1. The SMILES string of the molecule is Cc1cc(N)ncc1-c1cccc(C(=O)NCCCc2cnn(C)c2)c1. The number of nitrogens with one attached hydrogen (secondary N) is 1. The molecule has 0 radical (unpaired) electrons. The van der Waals surface area contributed by atoms with Crippen LogP contribution in [0.3, 0.4) is 0 Å². The van der Waals surface area contributed by atoms with Crippen molar-refractivity contribution in [2.45, 2.75) is 19.8 Å². The van der Waals surface area contributed by atoms with E-state index in [4.69, 9.17) is 5.73 Å². The Morgan fingerprint density at radius 3 is 2.85 bits per heavy atom. The van der Waals surface area contributed by atoms with E-state index in [1.165, 1.54) is 5.56 Å². The van der Waals surface area contributed by atoms with Crippen LogP contribution in [0.25, 0.3) is 11.1 Å².